The molecule has 6 heteroatoms. The number of hydrogen-bond acceptors (Lipinski definition) is 4. The van der Waals surface area contributed by atoms with E-state index in [0.717, 1.165) is 49.8 Å². The minimum absolute atomic E-state index is 0.0331. The van der Waals surface area contributed by atoms with Crippen LogP contribution in [0, 0.1) is 17.7 Å². The molecule has 0 aliphatic heterocycles. The Labute approximate surface area is 182 Å². The quantitative estimate of drug-likeness (QED) is 0.568. The molecule has 0 radical (unpaired) electrons. The van der Waals surface area contributed by atoms with Crippen LogP contribution < -0.4 is 9.47 Å². The zero-order chi connectivity index (χ0) is 21.8. The molecular weight excluding hydrogens is 397 g/mol. The molecule has 0 spiro atoms. The second-order valence-electron chi connectivity index (χ2n) is 8.86. The van der Waals surface area contributed by atoms with Gasteiger partial charge in [0.05, 0.1) is 20.1 Å². The van der Waals surface area contributed by atoms with Gasteiger partial charge in [-0.25, -0.2) is 9.37 Å². The molecule has 5 nitrogen and oxygen atoms in total. The molecule has 1 unspecified atom stereocenters. The number of nitrogens with zero attached hydrogens (tertiary/aromatic N) is 1. The molecular formula is C25H30FNO4. The lowest BCUT2D eigenvalue weighted by molar-refractivity contribution is -0.137. The fourth-order valence-electron chi connectivity index (χ4n) is 4.72. The predicted molar refractivity (Wildman–Crippen MR) is 115 cm³/mol. The maximum Gasteiger partial charge on any atom is 0.304 e. The minimum Gasteiger partial charge on any atom is -0.497 e. The van der Waals surface area contributed by atoms with Crippen molar-refractivity contribution in [2.24, 2.45) is 11.8 Å². The zero-order valence-electron chi connectivity index (χ0n) is 17.9. The number of carboxylic acids is 1. The molecule has 1 aromatic heterocycles. The van der Waals surface area contributed by atoms with Crippen molar-refractivity contribution in [1.29, 1.82) is 0 Å². The maximum atomic E-state index is 14.3. The van der Waals surface area contributed by atoms with Crippen molar-refractivity contribution < 1.29 is 23.8 Å². The maximum absolute atomic E-state index is 14.3. The van der Waals surface area contributed by atoms with E-state index in [1.54, 1.807) is 13.2 Å². The van der Waals surface area contributed by atoms with E-state index in [-0.39, 0.29) is 24.1 Å². The molecule has 2 aliphatic carbocycles. The Morgan fingerprint density at radius 3 is 2.61 bits per heavy atom. The first kappa shape index (κ1) is 21.6. The van der Waals surface area contributed by atoms with E-state index < -0.39 is 5.97 Å². The van der Waals surface area contributed by atoms with Crippen LogP contribution in [-0.2, 0) is 4.79 Å². The monoisotopic (exact) mass is 427 g/mol. The summed E-state index contributed by atoms with van der Waals surface area (Å²) in [6, 6.07) is 10.6. The van der Waals surface area contributed by atoms with Crippen molar-refractivity contribution in [3.63, 3.8) is 0 Å². The van der Waals surface area contributed by atoms with Gasteiger partial charge in [-0.2, -0.15) is 0 Å². The molecule has 1 atom stereocenters. The molecule has 0 amide bonds. The number of aliphatic carboxylic acids is 1. The van der Waals surface area contributed by atoms with Gasteiger partial charge < -0.3 is 14.6 Å². The van der Waals surface area contributed by atoms with Crippen LogP contribution in [0.15, 0.2) is 36.4 Å². The van der Waals surface area contributed by atoms with Gasteiger partial charge in [-0.15, -0.1) is 0 Å². The molecule has 2 aromatic rings. The predicted octanol–water partition coefficient (Wildman–Crippen LogP) is 5.55. The highest BCUT2D eigenvalue weighted by atomic mass is 19.1. The first-order chi connectivity index (χ1) is 15.0. The van der Waals surface area contributed by atoms with Gasteiger partial charge in [0.25, 0.3) is 0 Å². The number of aromatic nitrogens is 1. The summed E-state index contributed by atoms with van der Waals surface area (Å²) in [6.45, 7) is 0.580. The van der Waals surface area contributed by atoms with Gasteiger partial charge in [-0.3, -0.25) is 4.79 Å². The number of rotatable bonds is 9. The van der Waals surface area contributed by atoms with Gasteiger partial charge in [-0.05, 0) is 86.1 Å². The first-order valence-electron chi connectivity index (χ1n) is 11.2. The van der Waals surface area contributed by atoms with Crippen LogP contribution in [-0.4, -0.2) is 29.8 Å². The van der Waals surface area contributed by atoms with E-state index in [9.17, 15) is 14.3 Å². The van der Waals surface area contributed by atoms with Gasteiger partial charge in [0, 0.05) is 17.7 Å². The molecule has 0 bridgehead atoms. The Morgan fingerprint density at radius 2 is 1.94 bits per heavy atom. The average Bonchev–Trinajstić information content (AvgIpc) is 3.62. The molecule has 2 aliphatic rings. The summed E-state index contributed by atoms with van der Waals surface area (Å²) in [7, 11) is 1.60. The molecule has 31 heavy (non-hydrogen) atoms. The number of hydrogen-bond donors (Lipinski definition) is 1. The highest BCUT2D eigenvalue weighted by molar-refractivity contribution is 5.68. The van der Waals surface area contributed by atoms with Crippen LogP contribution in [0.1, 0.15) is 68.0 Å². The molecule has 0 saturated heterocycles. The van der Waals surface area contributed by atoms with E-state index in [2.05, 4.69) is 4.98 Å². The minimum atomic E-state index is -0.783. The van der Waals surface area contributed by atoms with Crippen molar-refractivity contribution in [2.45, 2.75) is 56.8 Å². The summed E-state index contributed by atoms with van der Waals surface area (Å²) in [5.41, 5.74) is 1.57. The van der Waals surface area contributed by atoms with E-state index in [0.29, 0.717) is 30.1 Å². The lowest BCUT2D eigenvalue weighted by Crippen LogP contribution is -2.20. The third kappa shape index (κ3) is 5.54. The number of carbonyl (C=O) groups is 1. The number of ether oxygens (including phenoxy) is 2. The summed E-state index contributed by atoms with van der Waals surface area (Å²) < 4.78 is 25.5. The smallest absolute Gasteiger partial charge is 0.304 e. The van der Waals surface area contributed by atoms with Gasteiger partial charge in [0.2, 0.25) is 5.88 Å². The Bertz CT molecular complexity index is 906. The Morgan fingerprint density at radius 1 is 1.16 bits per heavy atom. The van der Waals surface area contributed by atoms with E-state index in [1.807, 2.05) is 24.3 Å². The van der Waals surface area contributed by atoms with Crippen LogP contribution in [0.3, 0.4) is 0 Å². The van der Waals surface area contributed by atoms with Crippen LogP contribution in [0.2, 0.25) is 0 Å². The van der Waals surface area contributed by atoms with Crippen molar-refractivity contribution in [3.8, 4) is 11.6 Å². The highest BCUT2D eigenvalue weighted by Gasteiger charge is 2.35. The van der Waals surface area contributed by atoms with Gasteiger partial charge in [0.1, 0.15) is 11.6 Å². The standard InChI is InChI=1S/C25H30FNO4/c1-30-19-11-12-22(26)20(13-19)17-7-5-16(6-8-17)15-31-24-4-2-3-23(27-24)21(14-25(28)29)18-9-10-18/h2-4,11-13,16-18,21H,5-10,14-15H2,1H3,(H,28,29). The summed E-state index contributed by atoms with van der Waals surface area (Å²) in [5, 5.41) is 9.23. The van der Waals surface area contributed by atoms with Gasteiger partial charge >= 0.3 is 5.97 Å². The largest absolute Gasteiger partial charge is 0.497 e. The van der Waals surface area contributed by atoms with Crippen LogP contribution in [0.25, 0.3) is 0 Å². The van der Waals surface area contributed by atoms with Crippen LogP contribution in [0.5, 0.6) is 11.6 Å². The highest BCUT2D eigenvalue weighted by Crippen LogP contribution is 2.44. The molecule has 166 valence electrons. The SMILES string of the molecule is COc1ccc(F)c(C2CCC(COc3cccc(C(CC(=O)O)C4CC4)n3)CC2)c1. The number of pyridine rings is 1. The average molecular weight is 428 g/mol. The van der Waals surface area contributed by atoms with Crippen LogP contribution in [0.4, 0.5) is 4.39 Å². The Hall–Kier alpha value is -2.63. The summed E-state index contributed by atoms with van der Waals surface area (Å²) in [5.74, 6) is 1.33. The summed E-state index contributed by atoms with van der Waals surface area (Å²) >= 11 is 0. The summed E-state index contributed by atoms with van der Waals surface area (Å²) in [4.78, 5) is 15.8. The third-order valence-electron chi connectivity index (χ3n) is 6.67. The Balaban J connectivity index is 1.31. The number of benzene rings is 1. The van der Waals surface area contributed by atoms with Gasteiger partial charge in [-0.1, -0.05) is 6.07 Å². The summed E-state index contributed by atoms with van der Waals surface area (Å²) in [6.07, 6.45) is 6.06. The van der Waals surface area contributed by atoms with Crippen molar-refractivity contribution in [1.82, 2.24) is 4.98 Å². The lowest BCUT2D eigenvalue weighted by Gasteiger charge is -2.29. The molecule has 1 heterocycles. The zero-order valence-corrected chi connectivity index (χ0v) is 17.9. The second-order valence-corrected chi connectivity index (χ2v) is 8.86. The Kier molecular flexibility index (Phi) is 6.73. The number of methoxy groups -OCH3 is 1. The number of halogens is 1. The molecule has 2 saturated carbocycles. The van der Waals surface area contributed by atoms with Gasteiger partial charge in [0.15, 0.2) is 0 Å². The lowest BCUT2D eigenvalue weighted by atomic mass is 9.79. The molecule has 4 rings (SSSR count). The number of carboxylic acid groups (broad SMARTS) is 1. The molecule has 2 fully saturated rings. The van der Waals surface area contributed by atoms with E-state index in [1.165, 1.54) is 6.07 Å². The van der Waals surface area contributed by atoms with Crippen molar-refractivity contribution in [2.75, 3.05) is 13.7 Å². The topological polar surface area (TPSA) is 68.7 Å². The molecule has 1 N–H and O–H groups in total. The van der Waals surface area contributed by atoms with Crippen molar-refractivity contribution in [3.05, 3.63) is 53.5 Å². The first-order valence-corrected chi connectivity index (χ1v) is 11.2. The van der Waals surface area contributed by atoms with Crippen LogP contribution >= 0.6 is 0 Å². The third-order valence-corrected chi connectivity index (χ3v) is 6.67. The second kappa shape index (κ2) is 9.67. The fraction of sp³-hybridized carbons (Fsp3) is 0.520. The fourth-order valence-corrected chi connectivity index (χ4v) is 4.72. The normalized spacial score (nSPS) is 22.0. The van der Waals surface area contributed by atoms with Crippen molar-refractivity contribution >= 4 is 5.97 Å². The van der Waals surface area contributed by atoms with E-state index >= 15 is 0 Å². The molecule has 1 aromatic carbocycles. The van der Waals surface area contributed by atoms with E-state index in [4.69, 9.17) is 9.47 Å².